The molecule has 1 amide bonds. The van der Waals surface area contributed by atoms with E-state index in [2.05, 4.69) is 16.9 Å². The summed E-state index contributed by atoms with van der Waals surface area (Å²) in [6.07, 6.45) is 1.07. The van der Waals surface area contributed by atoms with Crippen molar-refractivity contribution in [1.82, 2.24) is 4.90 Å². The third kappa shape index (κ3) is 5.00. The van der Waals surface area contributed by atoms with Crippen molar-refractivity contribution in [3.05, 3.63) is 65.7 Å². The van der Waals surface area contributed by atoms with E-state index in [4.69, 9.17) is 5.73 Å². The maximum atomic E-state index is 13.0. The molecule has 0 unspecified atom stereocenters. The van der Waals surface area contributed by atoms with Crippen LogP contribution >= 0.6 is 12.4 Å². The lowest BCUT2D eigenvalue weighted by Crippen LogP contribution is -2.30. The Hall–Kier alpha value is -2.09. The van der Waals surface area contributed by atoms with E-state index in [1.165, 1.54) is 5.56 Å². The Bertz CT molecular complexity index is 890. The van der Waals surface area contributed by atoms with Gasteiger partial charge in [0, 0.05) is 19.0 Å². The van der Waals surface area contributed by atoms with Crippen molar-refractivity contribution in [2.45, 2.75) is 5.92 Å². The van der Waals surface area contributed by atoms with Gasteiger partial charge >= 0.3 is 0 Å². The van der Waals surface area contributed by atoms with E-state index in [9.17, 15) is 13.2 Å². The summed E-state index contributed by atoms with van der Waals surface area (Å²) in [6, 6.07) is 16.7. The van der Waals surface area contributed by atoms with Gasteiger partial charge in [-0.1, -0.05) is 42.5 Å². The Morgan fingerprint density at radius 3 is 2.37 bits per heavy atom. The zero-order chi connectivity index (χ0) is 18.7. The number of para-hydroxylation sites is 1. The lowest BCUT2D eigenvalue weighted by molar-refractivity contribution is 0.0787. The summed E-state index contributed by atoms with van der Waals surface area (Å²) in [6.45, 7) is 1.62. The third-order valence-corrected chi connectivity index (χ3v) is 5.30. The summed E-state index contributed by atoms with van der Waals surface area (Å²) in [5, 5.41) is 0. The molecule has 6 nitrogen and oxygen atoms in total. The SMILES string of the molecule is CS(=O)(=O)Nc1ccccc1C(=O)N1C[C@@H](CN)[C@H](c2ccccc2)C1.Cl. The molecule has 0 saturated carbocycles. The molecule has 27 heavy (non-hydrogen) atoms. The van der Waals surface area contributed by atoms with Gasteiger partial charge < -0.3 is 10.6 Å². The van der Waals surface area contributed by atoms with Gasteiger partial charge in [-0.3, -0.25) is 9.52 Å². The van der Waals surface area contributed by atoms with Crippen LogP contribution in [-0.4, -0.2) is 45.1 Å². The van der Waals surface area contributed by atoms with E-state index < -0.39 is 10.0 Å². The summed E-state index contributed by atoms with van der Waals surface area (Å²) in [5.74, 6) is 0.171. The molecule has 0 spiro atoms. The number of hydrogen-bond donors (Lipinski definition) is 2. The van der Waals surface area contributed by atoms with E-state index in [-0.39, 0.29) is 30.2 Å². The van der Waals surface area contributed by atoms with Crippen LogP contribution in [0.2, 0.25) is 0 Å². The highest BCUT2D eigenvalue weighted by atomic mass is 35.5. The molecule has 0 aliphatic carbocycles. The fraction of sp³-hybridized carbons (Fsp3) is 0.316. The number of carbonyl (C=O) groups is 1. The molecular formula is C19H24ClN3O3S. The first-order valence-electron chi connectivity index (χ1n) is 8.50. The van der Waals surface area contributed by atoms with E-state index in [0.717, 1.165) is 6.26 Å². The van der Waals surface area contributed by atoms with Crippen molar-refractivity contribution < 1.29 is 13.2 Å². The van der Waals surface area contributed by atoms with Crippen LogP contribution < -0.4 is 10.5 Å². The number of rotatable bonds is 5. The van der Waals surface area contributed by atoms with Gasteiger partial charge in [0.05, 0.1) is 17.5 Å². The van der Waals surface area contributed by atoms with Gasteiger partial charge in [0.15, 0.2) is 0 Å². The number of likely N-dealkylation sites (tertiary alicyclic amines) is 1. The van der Waals surface area contributed by atoms with Gasteiger partial charge in [0.1, 0.15) is 0 Å². The fourth-order valence-corrected chi connectivity index (χ4v) is 4.06. The lowest BCUT2D eigenvalue weighted by Gasteiger charge is -2.19. The van der Waals surface area contributed by atoms with Gasteiger partial charge in [-0.2, -0.15) is 0 Å². The van der Waals surface area contributed by atoms with Crippen LogP contribution in [0.3, 0.4) is 0 Å². The molecule has 3 N–H and O–H groups in total. The summed E-state index contributed by atoms with van der Waals surface area (Å²) < 4.78 is 25.6. The summed E-state index contributed by atoms with van der Waals surface area (Å²) in [4.78, 5) is 14.8. The monoisotopic (exact) mass is 409 g/mol. The molecule has 0 aromatic heterocycles. The average molecular weight is 410 g/mol. The van der Waals surface area contributed by atoms with Gasteiger partial charge in [-0.15, -0.1) is 12.4 Å². The summed E-state index contributed by atoms with van der Waals surface area (Å²) >= 11 is 0. The zero-order valence-corrected chi connectivity index (χ0v) is 16.7. The van der Waals surface area contributed by atoms with E-state index in [1.807, 2.05) is 18.2 Å². The quantitative estimate of drug-likeness (QED) is 0.792. The molecule has 2 aromatic carbocycles. The predicted octanol–water partition coefficient (Wildman–Crippen LogP) is 2.29. The van der Waals surface area contributed by atoms with Crippen LogP contribution in [0.15, 0.2) is 54.6 Å². The number of nitrogens with zero attached hydrogens (tertiary/aromatic N) is 1. The first-order chi connectivity index (χ1) is 12.4. The number of amides is 1. The number of anilines is 1. The van der Waals surface area contributed by atoms with E-state index in [1.54, 1.807) is 29.2 Å². The molecule has 1 heterocycles. The number of nitrogens with two attached hydrogens (primary N) is 1. The molecule has 1 aliphatic heterocycles. The van der Waals surface area contributed by atoms with Crippen molar-refractivity contribution in [3.63, 3.8) is 0 Å². The largest absolute Gasteiger partial charge is 0.338 e. The average Bonchev–Trinajstić information content (AvgIpc) is 3.05. The van der Waals surface area contributed by atoms with Crippen LogP contribution in [0.1, 0.15) is 21.8 Å². The Morgan fingerprint density at radius 2 is 1.74 bits per heavy atom. The second-order valence-corrected chi connectivity index (χ2v) is 8.39. The minimum atomic E-state index is -3.47. The van der Waals surface area contributed by atoms with Gasteiger partial charge in [-0.05, 0) is 30.2 Å². The summed E-state index contributed by atoms with van der Waals surface area (Å²) in [7, 11) is -3.47. The number of sulfonamides is 1. The van der Waals surface area contributed by atoms with Crippen molar-refractivity contribution in [2.75, 3.05) is 30.6 Å². The van der Waals surface area contributed by atoms with Crippen LogP contribution in [0.5, 0.6) is 0 Å². The molecule has 0 radical (unpaired) electrons. The second kappa shape index (κ2) is 8.73. The molecule has 8 heteroatoms. The van der Waals surface area contributed by atoms with E-state index in [0.29, 0.717) is 30.9 Å². The standard InChI is InChI=1S/C19H23N3O3S.ClH/c1-26(24,25)21-18-10-6-5-9-16(18)19(23)22-12-15(11-20)17(13-22)14-7-3-2-4-8-14;/h2-10,15,17,21H,11-13,20H2,1H3;1H/t15-,17+;/m1./s1. The minimum absolute atomic E-state index is 0. The zero-order valence-electron chi connectivity index (χ0n) is 15.0. The topological polar surface area (TPSA) is 92.5 Å². The highest BCUT2D eigenvalue weighted by molar-refractivity contribution is 7.92. The molecule has 1 fully saturated rings. The van der Waals surface area contributed by atoms with Crippen LogP contribution in [0.25, 0.3) is 0 Å². The van der Waals surface area contributed by atoms with Crippen molar-refractivity contribution in [1.29, 1.82) is 0 Å². The molecule has 2 aromatic rings. The van der Waals surface area contributed by atoms with E-state index >= 15 is 0 Å². The molecule has 3 rings (SSSR count). The van der Waals surface area contributed by atoms with Gasteiger partial charge in [0.2, 0.25) is 10.0 Å². The first kappa shape index (κ1) is 21.2. The first-order valence-corrected chi connectivity index (χ1v) is 10.4. The number of nitrogens with one attached hydrogen (secondary N) is 1. The van der Waals surface area contributed by atoms with Crippen molar-refractivity contribution >= 4 is 34.0 Å². The molecule has 2 atom stereocenters. The summed E-state index contributed by atoms with van der Waals surface area (Å²) in [5.41, 5.74) is 7.76. The fourth-order valence-electron chi connectivity index (χ4n) is 3.48. The van der Waals surface area contributed by atoms with Crippen molar-refractivity contribution in [2.24, 2.45) is 11.7 Å². The molecule has 1 aliphatic rings. The third-order valence-electron chi connectivity index (χ3n) is 4.71. The number of halogens is 1. The molecule has 0 bridgehead atoms. The normalized spacial score (nSPS) is 19.4. The second-order valence-electron chi connectivity index (χ2n) is 6.64. The van der Waals surface area contributed by atoms with Gasteiger partial charge in [0.25, 0.3) is 5.91 Å². The highest BCUT2D eigenvalue weighted by Crippen LogP contribution is 2.33. The number of benzene rings is 2. The minimum Gasteiger partial charge on any atom is -0.338 e. The predicted molar refractivity (Wildman–Crippen MR) is 110 cm³/mol. The number of hydrogen-bond acceptors (Lipinski definition) is 4. The maximum Gasteiger partial charge on any atom is 0.256 e. The number of carbonyl (C=O) groups excluding carboxylic acids is 1. The molecule has 146 valence electrons. The molecule has 1 saturated heterocycles. The van der Waals surface area contributed by atoms with Crippen LogP contribution in [0, 0.1) is 5.92 Å². The highest BCUT2D eigenvalue weighted by Gasteiger charge is 2.36. The Labute approximate surface area is 166 Å². The molecular weight excluding hydrogens is 386 g/mol. The van der Waals surface area contributed by atoms with Crippen molar-refractivity contribution in [3.8, 4) is 0 Å². The Balaban J connectivity index is 0.00000261. The van der Waals surface area contributed by atoms with Crippen LogP contribution in [0.4, 0.5) is 5.69 Å². The van der Waals surface area contributed by atoms with Crippen LogP contribution in [-0.2, 0) is 10.0 Å². The smallest absolute Gasteiger partial charge is 0.256 e. The Kier molecular flexibility index (Phi) is 6.86. The lowest BCUT2D eigenvalue weighted by atomic mass is 9.89. The van der Waals surface area contributed by atoms with Gasteiger partial charge in [-0.25, -0.2) is 8.42 Å². The Morgan fingerprint density at radius 1 is 1.11 bits per heavy atom. The maximum absolute atomic E-state index is 13.0.